The van der Waals surface area contributed by atoms with Crippen molar-refractivity contribution in [3.63, 3.8) is 0 Å². The van der Waals surface area contributed by atoms with Crippen LogP contribution in [-0.2, 0) is 0 Å². The second kappa shape index (κ2) is 9.44. The van der Waals surface area contributed by atoms with Crippen molar-refractivity contribution in [1.29, 1.82) is 0 Å². The molecule has 9 aromatic rings. The lowest BCUT2D eigenvalue weighted by Crippen LogP contribution is -1.91. The van der Waals surface area contributed by atoms with E-state index in [4.69, 9.17) is 14.0 Å². The average Bonchev–Trinajstić information content (AvgIpc) is 3.56. The normalized spacial score (nSPS) is 15.3. The first-order valence-corrected chi connectivity index (χ1v) is 13.9. The summed E-state index contributed by atoms with van der Waals surface area (Å²) in [5.41, 5.74) is 3.04. The molecule has 0 aliphatic rings. The summed E-state index contributed by atoms with van der Waals surface area (Å²) in [6, 6.07) is 22.8. The number of hydrogen-bond acceptors (Lipinski definition) is 1. The third-order valence-electron chi connectivity index (χ3n) is 8.04. The van der Waals surface area contributed by atoms with Crippen LogP contribution in [-0.4, -0.2) is 0 Å². The van der Waals surface area contributed by atoms with Crippen molar-refractivity contribution in [3.05, 3.63) is 157 Å². The summed E-state index contributed by atoms with van der Waals surface area (Å²) < 4.78 is 103. The van der Waals surface area contributed by atoms with Gasteiger partial charge in [0.2, 0.25) is 0 Å². The Labute approximate surface area is 264 Å². The van der Waals surface area contributed by atoms with Crippen molar-refractivity contribution in [2.45, 2.75) is 0 Å². The van der Waals surface area contributed by atoms with Gasteiger partial charge in [-0.1, -0.05) is 139 Å². The molecule has 1 heterocycles. The van der Waals surface area contributed by atoms with Crippen LogP contribution in [0.15, 0.2) is 162 Å². The molecule has 1 heteroatoms. The third-order valence-corrected chi connectivity index (χ3v) is 8.04. The Kier molecular flexibility index (Phi) is 3.41. The minimum absolute atomic E-state index is 0.0152. The molecule has 0 aliphatic carbocycles. The Balaban J connectivity index is 1.36. The van der Waals surface area contributed by atoms with E-state index < -0.39 is 66.5 Å². The molecule has 1 nitrogen and oxygen atoms in total. The molecule has 9 rings (SSSR count). The summed E-state index contributed by atoms with van der Waals surface area (Å²) in [6.07, 6.45) is 0. The maximum absolute atomic E-state index is 9.42. The van der Waals surface area contributed by atoms with Gasteiger partial charge in [-0.2, -0.15) is 0 Å². The van der Waals surface area contributed by atoms with Crippen molar-refractivity contribution in [2.75, 3.05) is 0 Å². The highest BCUT2D eigenvalue weighted by atomic mass is 16.3. The van der Waals surface area contributed by atoms with Crippen molar-refractivity contribution in [3.8, 4) is 33.4 Å². The van der Waals surface area contributed by atoms with Gasteiger partial charge < -0.3 is 4.42 Å². The van der Waals surface area contributed by atoms with Crippen molar-refractivity contribution in [1.82, 2.24) is 0 Å². The number of furan rings is 1. The highest BCUT2D eigenvalue weighted by Gasteiger charge is 2.18. The zero-order valence-corrected chi connectivity index (χ0v) is 22.6. The summed E-state index contributed by atoms with van der Waals surface area (Å²) in [5.74, 6) is 0. The van der Waals surface area contributed by atoms with Crippen LogP contribution < -0.4 is 0 Å². The molecule has 0 N–H and O–H groups in total. The summed E-state index contributed by atoms with van der Waals surface area (Å²) in [4.78, 5) is 0. The van der Waals surface area contributed by atoms with Crippen molar-refractivity contribution < 1.29 is 19.5 Å². The smallest absolute Gasteiger partial charge is 0.136 e. The number of rotatable bonds is 3. The lowest BCUT2D eigenvalue weighted by Gasteiger charge is -2.18. The van der Waals surface area contributed by atoms with E-state index in [9.17, 15) is 5.48 Å². The molecule has 0 aliphatic heterocycles. The fourth-order valence-corrected chi connectivity index (χ4v) is 6.15. The minimum atomic E-state index is -0.656. The van der Waals surface area contributed by atoms with Crippen molar-refractivity contribution >= 4 is 54.3 Å². The molecule has 0 unspecified atom stereocenters. The SMILES string of the molecule is [2H]c1c([2H])c(-c2c([2H])c([2H])c([2H])c3c([2H])c([2H])c([2H])c([2H])c23)c([2H])c([2H])c1-c1c2ccccc2c(-c2ccc3c(c2)oc2ccccc23)c2ccccc12. The summed E-state index contributed by atoms with van der Waals surface area (Å²) >= 11 is 0. The average molecular weight is 558 g/mol. The first-order chi connectivity index (χ1) is 25.9. The Morgan fingerprint density at radius 3 is 1.67 bits per heavy atom. The maximum Gasteiger partial charge on any atom is 0.136 e. The van der Waals surface area contributed by atoms with Crippen LogP contribution in [0.2, 0.25) is 0 Å². The minimum Gasteiger partial charge on any atom is -0.456 e. The molecule has 0 atom stereocenters. The predicted octanol–water partition coefficient (Wildman–Crippen LogP) is 12.0. The van der Waals surface area contributed by atoms with E-state index in [1.165, 1.54) is 0 Å². The van der Waals surface area contributed by atoms with Gasteiger partial charge in [0.1, 0.15) is 11.2 Å². The molecule has 0 saturated carbocycles. The van der Waals surface area contributed by atoms with E-state index in [0.29, 0.717) is 16.3 Å². The van der Waals surface area contributed by atoms with Crippen LogP contribution in [0.5, 0.6) is 0 Å². The fourth-order valence-electron chi connectivity index (χ4n) is 6.15. The molecule has 1 aromatic heterocycles. The zero-order valence-electron chi connectivity index (χ0n) is 33.6. The zero-order chi connectivity index (χ0) is 37.9. The highest BCUT2D eigenvalue weighted by molar-refractivity contribution is 6.22. The van der Waals surface area contributed by atoms with Gasteiger partial charge in [0.25, 0.3) is 0 Å². The number of fused-ring (bicyclic) bond motifs is 6. The molecule has 8 aromatic carbocycles. The third kappa shape index (κ3) is 3.72. The van der Waals surface area contributed by atoms with Crippen LogP contribution in [0.4, 0.5) is 0 Å². The topological polar surface area (TPSA) is 13.1 Å². The van der Waals surface area contributed by atoms with Crippen LogP contribution in [0.25, 0.3) is 87.6 Å². The van der Waals surface area contributed by atoms with Crippen LogP contribution in [0.1, 0.15) is 15.1 Å². The summed E-state index contributed by atoms with van der Waals surface area (Å²) in [7, 11) is 0. The van der Waals surface area contributed by atoms with Crippen molar-refractivity contribution in [2.24, 2.45) is 0 Å². The lowest BCUT2D eigenvalue weighted by atomic mass is 9.85. The van der Waals surface area contributed by atoms with Gasteiger partial charge in [-0.25, -0.2) is 0 Å². The van der Waals surface area contributed by atoms with Gasteiger partial charge >= 0.3 is 0 Å². The highest BCUT2D eigenvalue weighted by Crippen LogP contribution is 2.45. The maximum atomic E-state index is 9.42. The van der Waals surface area contributed by atoms with Crippen LogP contribution >= 0.6 is 0 Å². The monoisotopic (exact) mass is 557 g/mol. The Morgan fingerprint density at radius 2 is 0.953 bits per heavy atom. The van der Waals surface area contributed by atoms with E-state index in [0.717, 1.165) is 43.8 Å². The van der Waals surface area contributed by atoms with Gasteiger partial charge in [-0.15, -0.1) is 0 Å². The summed E-state index contributed by atoms with van der Waals surface area (Å²) in [5, 5.41) is 4.34. The molecule has 0 radical (unpaired) electrons. The van der Waals surface area contributed by atoms with Gasteiger partial charge in [-0.3, -0.25) is 0 Å². The van der Waals surface area contributed by atoms with Gasteiger partial charge in [0.15, 0.2) is 0 Å². The summed E-state index contributed by atoms with van der Waals surface area (Å²) in [6.45, 7) is 0. The van der Waals surface area contributed by atoms with E-state index >= 15 is 0 Å². The molecular formula is C42H26O. The van der Waals surface area contributed by atoms with Gasteiger partial charge in [0, 0.05) is 10.8 Å². The standard InChI is InChI=1S/C42H26O/c1-2-12-31-27(10-1)11-9-18-32(31)28-20-22-29(23-21-28)41-35-14-3-5-16-37(35)42(38-17-6-4-15-36(38)41)30-24-25-34-33-13-7-8-19-39(33)43-40(34)26-30/h1-26H/i1D,2D,9D,10D,11D,12D,18D,20D,21D,22D,23D. The predicted molar refractivity (Wildman–Crippen MR) is 183 cm³/mol. The second-order valence-electron chi connectivity index (χ2n) is 10.4. The number of hydrogen-bond donors (Lipinski definition) is 0. The number of para-hydroxylation sites is 1. The second-order valence-corrected chi connectivity index (χ2v) is 10.4. The molecular weight excluding hydrogens is 520 g/mol. The molecule has 0 spiro atoms. The van der Waals surface area contributed by atoms with Crippen LogP contribution in [0, 0.1) is 0 Å². The Hall–Kier alpha value is -5.66. The molecule has 0 fully saturated rings. The fraction of sp³-hybridized carbons (Fsp3) is 0. The molecule has 0 saturated heterocycles. The van der Waals surface area contributed by atoms with Gasteiger partial charge in [0.05, 0.1) is 15.1 Å². The van der Waals surface area contributed by atoms with Crippen LogP contribution in [0.3, 0.4) is 0 Å². The van der Waals surface area contributed by atoms with E-state index in [1.807, 2.05) is 91.0 Å². The quantitative estimate of drug-likeness (QED) is 0.197. The molecule has 43 heavy (non-hydrogen) atoms. The van der Waals surface area contributed by atoms with E-state index in [2.05, 4.69) is 0 Å². The molecule has 0 bridgehead atoms. The Morgan fingerprint density at radius 1 is 0.395 bits per heavy atom. The molecule has 200 valence electrons. The number of benzene rings is 8. The largest absolute Gasteiger partial charge is 0.456 e. The lowest BCUT2D eigenvalue weighted by molar-refractivity contribution is 0.669. The molecule has 0 amide bonds. The first-order valence-electron chi connectivity index (χ1n) is 19.4. The van der Waals surface area contributed by atoms with E-state index in [1.54, 1.807) is 0 Å². The first kappa shape index (κ1) is 15.5. The van der Waals surface area contributed by atoms with Gasteiger partial charge in [-0.05, 0) is 83.9 Å². The Bertz CT molecular complexity index is 3040. The van der Waals surface area contributed by atoms with E-state index in [-0.39, 0.29) is 27.5 Å².